The Hall–Kier alpha value is -1.62. The van der Waals surface area contributed by atoms with Crippen LogP contribution in [0.5, 0.6) is 0 Å². The Morgan fingerprint density at radius 2 is 2.08 bits per heavy atom. The summed E-state index contributed by atoms with van der Waals surface area (Å²) in [7, 11) is 0. The van der Waals surface area contributed by atoms with Gasteiger partial charge in [0.15, 0.2) is 0 Å². The third kappa shape index (κ3) is 1.99. The lowest BCUT2D eigenvalue weighted by Crippen LogP contribution is -2.66. The Kier molecular flexibility index (Phi) is 3.50. The maximum atomic E-state index is 12.6. The Morgan fingerprint density at radius 3 is 2.76 bits per heavy atom. The summed E-state index contributed by atoms with van der Waals surface area (Å²) in [6, 6.07) is 1.92. The number of carbonyl (C=O) groups excluding carboxylic acids is 2. The van der Waals surface area contributed by atoms with Crippen LogP contribution >= 0.6 is 0 Å². The van der Waals surface area contributed by atoms with Crippen LogP contribution in [0.3, 0.4) is 0 Å². The zero-order valence-corrected chi connectivity index (χ0v) is 15.1. The molecule has 0 spiro atoms. The fourth-order valence-corrected chi connectivity index (χ4v) is 6.03. The Balaban J connectivity index is 1.74. The molecule has 0 aromatic carbocycles. The van der Waals surface area contributed by atoms with E-state index in [0.29, 0.717) is 32.1 Å². The largest absolute Gasteiger partial charge is 0.472 e. The molecule has 3 fully saturated rings. The summed E-state index contributed by atoms with van der Waals surface area (Å²) in [5, 5.41) is 11.8. The monoisotopic (exact) mass is 346 g/mol. The molecule has 2 saturated carbocycles. The third-order valence-electron chi connectivity index (χ3n) is 7.58. The van der Waals surface area contributed by atoms with Crippen LogP contribution in [0.2, 0.25) is 0 Å². The molecule has 5 nitrogen and oxygen atoms in total. The lowest BCUT2D eigenvalue weighted by atomic mass is 9.43. The van der Waals surface area contributed by atoms with Crippen molar-refractivity contribution >= 4 is 11.8 Å². The number of hydrogen-bond donors (Lipinski definition) is 1. The van der Waals surface area contributed by atoms with Gasteiger partial charge in [-0.25, -0.2) is 0 Å². The second kappa shape index (κ2) is 5.19. The molecule has 1 aliphatic heterocycles. The fraction of sp³-hybridized carbons (Fsp3) is 0.700. The van der Waals surface area contributed by atoms with Gasteiger partial charge in [0.2, 0.25) is 0 Å². The Morgan fingerprint density at radius 1 is 1.32 bits per heavy atom. The number of aryl methyl sites for hydroxylation is 1. The highest BCUT2D eigenvalue weighted by Crippen LogP contribution is 2.66. The van der Waals surface area contributed by atoms with E-state index in [2.05, 4.69) is 6.92 Å². The number of Topliss-reactive ketones (excluding diaryl/α,β-unsaturated/α-hetero) is 1. The van der Waals surface area contributed by atoms with Crippen molar-refractivity contribution < 1.29 is 23.8 Å². The number of carbonyl (C=O) groups is 2. The van der Waals surface area contributed by atoms with Gasteiger partial charge >= 0.3 is 5.97 Å². The van der Waals surface area contributed by atoms with Crippen LogP contribution in [0.1, 0.15) is 52.0 Å². The summed E-state index contributed by atoms with van der Waals surface area (Å²) in [6.07, 6.45) is 5.92. The molecule has 2 heterocycles. The third-order valence-corrected chi connectivity index (χ3v) is 7.58. The number of furan rings is 1. The first-order valence-electron chi connectivity index (χ1n) is 9.21. The average molecular weight is 346 g/mol. The molecule has 0 unspecified atom stereocenters. The van der Waals surface area contributed by atoms with Gasteiger partial charge in [-0.2, -0.15) is 0 Å². The second-order valence-corrected chi connectivity index (χ2v) is 8.66. The highest BCUT2D eigenvalue weighted by molar-refractivity contribution is 6.06. The normalized spacial score (nSPS) is 46.0. The molecule has 1 aromatic heterocycles. The lowest BCUT2D eigenvalue weighted by molar-refractivity contribution is -0.215. The quantitative estimate of drug-likeness (QED) is 0.673. The number of rotatable bonds is 3. The maximum absolute atomic E-state index is 12.6. The summed E-state index contributed by atoms with van der Waals surface area (Å²) in [6.45, 7) is 5.82. The van der Waals surface area contributed by atoms with Crippen LogP contribution in [-0.4, -0.2) is 28.6 Å². The van der Waals surface area contributed by atoms with E-state index in [4.69, 9.17) is 9.15 Å². The van der Waals surface area contributed by atoms with Gasteiger partial charge in [-0.05, 0) is 50.2 Å². The molecule has 6 atom stereocenters. The van der Waals surface area contributed by atoms with Crippen LogP contribution in [0, 0.1) is 22.7 Å². The van der Waals surface area contributed by atoms with E-state index in [0.717, 1.165) is 5.56 Å². The van der Waals surface area contributed by atoms with E-state index >= 15 is 0 Å². The molecule has 5 heteroatoms. The van der Waals surface area contributed by atoms with Crippen molar-refractivity contribution in [2.24, 2.45) is 22.7 Å². The van der Waals surface area contributed by atoms with Crippen molar-refractivity contribution in [2.75, 3.05) is 0 Å². The van der Waals surface area contributed by atoms with Crippen molar-refractivity contribution in [3.63, 3.8) is 0 Å². The molecule has 4 rings (SSSR count). The van der Waals surface area contributed by atoms with Crippen LogP contribution in [-0.2, 0) is 20.7 Å². The fourth-order valence-electron chi connectivity index (χ4n) is 6.03. The molecule has 0 radical (unpaired) electrons. The summed E-state index contributed by atoms with van der Waals surface area (Å²) < 4.78 is 10.8. The zero-order valence-electron chi connectivity index (χ0n) is 15.1. The van der Waals surface area contributed by atoms with Gasteiger partial charge in [-0.1, -0.05) is 13.8 Å². The minimum atomic E-state index is -1.11. The van der Waals surface area contributed by atoms with E-state index in [1.54, 1.807) is 19.5 Å². The van der Waals surface area contributed by atoms with Crippen LogP contribution in [0.15, 0.2) is 23.0 Å². The first-order valence-corrected chi connectivity index (χ1v) is 9.21. The van der Waals surface area contributed by atoms with Gasteiger partial charge in [0.05, 0.1) is 18.1 Å². The summed E-state index contributed by atoms with van der Waals surface area (Å²) in [5.41, 5.74) is -1.52. The lowest BCUT2D eigenvalue weighted by Gasteiger charge is -2.60. The second-order valence-electron chi connectivity index (χ2n) is 8.66. The molecule has 1 N–H and O–H groups in total. The molecule has 2 aliphatic carbocycles. The zero-order chi connectivity index (χ0) is 18.0. The highest BCUT2D eigenvalue weighted by Gasteiger charge is 2.73. The molecule has 1 aromatic rings. The molecule has 1 saturated heterocycles. The molecule has 25 heavy (non-hydrogen) atoms. The van der Waals surface area contributed by atoms with E-state index in [-0.39, 0.29) is 23.7 Å². The molecule has 136 valence electrons. The maximum Gasteiger partial charge on any atom is 0.320 e. The number of aliphatic hydroxyl groups is 1. The van der Waals surface area contributed by atoms with Gasteiger partial charge in [-0.15, -0.1) is 0 Å². The smallest absolute Gasteiger partial charge is 0.320 e. The van der Waals surface area contributed by atoms with Crippen LogP contribution in [0.4, 0.5) is 0 Å². The molecule has 3 aliphatic rings. The predicted molar refractivity (Wildman–Crippen MR) is 89.6 cm³/mol. The van der Waals surface area contributed by atoms with E-state index in [9.17, 15) is 14.7 Å². The molecule has 0 bridgehead atoms. The summed E-state index contributed by atoms with van der Waals surface area (Å²) >= 11 is 0. The molecule has 0 amide bonds. The van der Waals surface area contributed by atoms with Crippen molar-refractivity contribution in [1.82, 2.24) is 0 Å². The standard InChI is InChI=1S/C20H26O5/c1-12-10-14-16-18(2,7-5-15(21)19(16,3)17(22)25-14)20(12,23)8-4-13-6-9-24-11-13/h6,9,11-12,14,16,23H,4-5,7-8,10H2,1-3H3/t12-,14+,16-,18-,19-,20-/m1/s1. The van der Waals surface area contributed by atoms with Crippen molar-refractivity contribution in [1.29, 1.82) is 0 Å². The van der Waals surface area contributed by atoms with Crippen molar-refractivity contribution in [2.45, 2.75) is 64.6 Å². The van der Waals surface area contributed by atoms with Gasteiger partial charge < -0.3 is 14.3 Å². The van der Waals surface area contributed by atoms with Crippen molar-refractivity contribution in [3.8, 4) is 0 Å². The van der Waals surface area contributed by atoms with E-state index < -0.39 is 22.4 Å². The number of ether oxygens (including phenoxy) is 1. The van der Waals surface area contributed by atoms with Crippen LogP contribution in [0.25, 0.3) is 0 Å². The van der Waals surface area contributed by atoms with E-state index in [1.807, 2.05) is 13.0 Å². The SMILES string of the molecule is C[C@@H]1C[C@@H]2OC(=O)[C@]3(C)C(=O)CC[C@](C)([C@@H]23)[C@@]1(O)CCc1ccoc1. The summed E-state index contributed by atoms with van der Waals surface area (Å²) in [4.78, 5) is 25.2. The molecular formula is C20H26O5. The predicted octanol–water partition coefficient (Wildman–Crippen LogP) is 2.90. The van der Waals surface area contributed by atoms with Gasteiger partial charge in [0.1, 0.15) is 17.3 Å². The number of ketones is 1. The minimum absolute atomic E-state index is 0.00555. The topological polar surface area (TPSA) is 76.7 Å². The Labute approximate surface area is 147 Å². The summed E-state index contributed by atoms with van der Waals surface area (Å²) in [5.74, 6) is -0.688. The molecular weight excluding hydrogens is 320 g/mol. The number of esters is 1. The first kappa shape index (κ1) is 16.8. The van der Waals surface area contributed by atoms with E-state index in [1.165, 1.54) is 0 Å². The average Bonchev–Trinajstić information content (AvgIpc) is 3.16. The van der Waals surface area contributed by atoms with Crippen LogP contribution < -0.4 is 0 Å². The van der Waals surface area contributed by atoms with Crippen molar-refractivity contribution in [3.05, 3.63) is 24.2 Å². The van der Waals surface area contributed by atoms with Gasteiger partial charge in [0, 0.05) is 17.8 Å². The Bertz CT molecular complexity index is 710. The first-order chi connectivity index (χ1) is 11.7. The number of hydrogen-bond acceptors (Lipinski definition) is 5. The van der Waals surface area contributed by atoms with Gasteiger partial charge in [-0.3, -0.25) is 9.59 Å². The van der Waals surface area contributed by atoms with Gasteiger partial charge in [0.25, 0.3) is 0 Å². The minimum Gasteiger partial charge on any atom is -0.472 e. The highest BCUT2D eigenvalue weighted by atomic mass is 16.6.